The number of aromatic nitrogens is 3. The van der Waals surface area contributed by atoms with E-state index < -0.39 is 0 Å². The van der Waals surface area contributed by atoms with Crippen LogP contribution >= 0.6 is 0 Å². The summed E-state index contributed by atoms with van der Waals surface area (Å²) < 4.78 is 14.4. The van der Waals surface area contributed by atoms with Gasteiger partial charge in [-0.05, 0) is 48.9 Å². The number of benzene rings is 1. The van der Waals surface area contributed by atoms with E-state index in [-0.39, 0.29) is 17.6 Å². The third kappa shape index (κ3) is 3.75. The van der Waals surface area contributed by atoms with Crippen molar-refractivity contribution in [1.29, 1.82) is 0 Å². The summed E-state index contributed by atoms with van der Waals surface area (Å²) in [6, 6.07) is 10.3. The van der Waals surface area contributed by atoms with E-state index >= 15 is 0 Å². The third-order valence-electron chi connectivity index (χ3n) is 7.38. The maximum atomic E-state index is 14.4. The molecule has 1 amide bonds. The van der Waals surface area contributed by atoms with Crippen LogP contribution in [0.1, 0.15) is 36.9 Å². The Morgan fingerprint density at radius 3 is 2.55 bits per heavy atom. The number of fused-ring (bicyclic) bond motifs is 2. The lowest BCUT2D eigenvalue weighted by Crippen LogP contribution is -2.38. The molecule has 3 heterocycles. The van der Waals surface area contributed by atoms with E-state index in [0.717, 1.165) is 16.8 Å². The van der Waals surface area contributed by atoms with Crippen LogP contribution in [0, 0.1) is 23.6 Å². The molecule has 2 atom stereocenters. The SMILES string of the molecule is O=C(C1[C@@H]2CCCC[C@@H]12)N1CCc2nc(-c3ccncc3)nc(Nc3ccccc3F)c2C1. The first kappa shape index (κ1) is 20.3. The second kappa shape index (κ2) is 8.21. The molecule has 7 heteroatoms. The van der Waals surface area contributed by atoms with E-state index in [9.17, 15) is 9.18 Å². The summed E-state index contributed by atoms with van der Waals surface area (Å²) in [5.41, 5.74) is 2.99. The number of hydrogen-bond acceptors (Lipinski definition) is 5. The number of nitrogens with one attached hydrogen (secondary N) is 1. The van der Waals surface area contributed by atoms with Gasteiger partial charge >= 0.3 is 0 Å². The number of para-hydroxylation sites is 1. The summed E-state index contributed by atoms with van der Waals surface area (Å²) in [4.78, 5) is 29.0. The maximum Gasteiger partial charge on any atom is 0.226 e. The molecule has 168 valence electrons. The molecule has 1 N–H and O–H groups in total. The van der Waals surface area contributed by atoms with Crippen LogP contribution in [-0.2, 0) is 17.8 Å². The summed E-state index contributed by atoms with van der Waals surface area (Å²) in [5, 5.41) is 3.19. The normalized spacial score (nSPS) is 23.4. The first-order chi connectivity index (χ1) is 16.2. The molecule has 2 saturated carbocycles. The summed E-state index contributed by atoms with van der Waals surface area (Å²) in [6.07, 6.45) is 8.94. The molecule has 2 aromatic heterocycles. The quantitative estimate of drug-likeness (QED) is 0.631. The molecule has 33 heavy (non-hydrogen) atoms. The molecule has 1 aliphatic heterocycles. The van der Waals surface area contributed by atoms with E-state index in [4.69, 9.17) is 9.97 Å². The molecule has 2 fully saturated rings. The molecule has 3 aliphatic rings. The smallest absolute Gasteiger partial charge is 0.226 e. The number of halogens is 1. The predicted octanol–water partition coefficient (Wildman–Crippen LogP) is 4.74. The average Bonchev–Trinajstić information content (AvgIpc) is 3.59. The van der Waals surface area contributed by atoms with Gasteiger partial charge in [0.05, 0.1) is 17.9 Å². The first-order valence-electron chi connectivity index (χ1n) is 11.8. The van der Waals surface area contributed by atoms with Crippen LogP contribution < -0.4 is 5.32 Å². The first-order valence-corrected chi connectivity index (χ1v) is 11.8. The lowest BCUT2D eigenvalue weighted by atomic mass is 10.0. The van der Waals surface area contributed by atoms with Gasteiger partial charge in [0.25, 0.3) is 0 Å². The minimum atomic E-state index is -0.346. The van der Waals surface area contributed by atoms with Crippen molar-refractivity contribution in [3.05, 3.63) is 65.9 Å². The third-order valence-corrected chi connectivity index (χ3v) is 7.38. The number of nitrogens with zero attached hydrogens (tertiary/aromatic N) is 4. The second-order valence-electron chi connectivity index (χ2n) is 9.31. The fraction of sp³-hybridized carbons (Fsp3) is 0.385. The van der Waals surface area contributed by atoms with Gasteiger partial charge in [0.15, 0.2) is 5.82 Å². The molecule has 6 rings (SSSR count). The van der Waals surface area contributed by atoms with Crippen LogP contribution in [0.4, 0.5) is 15.9 Å². The minimum Gasteiger partial charge on any atom is -0.338 e. The van der Waals surface area contributed by atoms with Crippen molar-refractivity contribution in [3.8, 4) is 11.4 Å². The monoisotopic (exact) mass is 443 g/mol. The molecule has 2 aliphatic carbocycles. The number of hydrogen-bond donors (Lipinski definition) is 1. The largest absolute Gasteiger partial charge is 0.338 e. The summed E-state index contributed by atoms with van der Waals surface area (Å²) in [7, 11) is 0. The van der Waals surface area contributed by atoms with E-state index in [1.807, 2.05) is 17.0 Å². The highest BCUT2D eigenvalue weighted by Gasteiger charge is 2.56. The fourth-order valence-corrected chi connectivity index (χ4v) is 5.60. The van der Waals surface area contributed by atoms with Crippen molar-refractivity contribution in [2.24, 2.45) is 17.8 Å². The Morgan fingerprint density at radius 1 is 1.03 bits per heavy atom. The van der Waals surface area contributed by atoms with Crippen LogP contribution in [0.3, 0.4) is 0 Å². The van der Waals surface area contributed by atoms with Crippen LogP contribution in [0.25, 0.3) is 11.4 Å². The van der Waals surface area contributed by atoms with Crippen LogP contribution in [-0.4, -0.2) is 32.3 Å². The highest BCUT2D eigenvalue weighted by atomic mass is 19.1. The molecule has 0 saturated heterocycles. The van der Waals surface area contributed by atoms with Crippen LogP contribution in [0.2, 0.25) is 0 Å². The molecule has 0 unspecified atom stereocenters. The Hall–Kier alpha value is -3.35. The van der Waals surface area contributed by atoms with Gasteiger partial charge in [-0.25, -0.2) is 14.4 Å². The number of pyridine rings is 1. The highest BCUT2D eigenvalue weighted by Crippen LogP contribution is 2.56. The molecule has 0 radical (unpaired) electrons. The van der Waals surface area contributed by atoms with Crippen molar-refractivity contribution in [3.63, 3.8) is 0 Å². The second-order valence-corrected chi connectivity index (χ2v) is 9.31. The van der Waals surface area contributed by atoms with Gasteiger partial charge in [0.2, 0.25) is 5.91 Å². The molecule has 6 nitrogen and oxygen atoms in total. The molecule has 1 aromatic carbocycles. The highest BCUT2D eigenvalue weighted by molar-refractivity contribution is 5.83. The van der Waals surface area contributed by atoms with Crippen LogP contribution in [0.5, 0.6) is 0 Å². The topological polar surface area (TPSA) is 71.0 Å². The lowest BCUT2D eigenvalue weighted by molar-refractivity contribution is -0.134. The Balaban J connectivity index is 1.34. The van der Waals surface area contributed by atoms with Crippen molar-refractivity contribution >= 4 is 17.4 Å². The molecule has 3 aromatic rings. The van der Waals surface area contributed by atoms with Gasteiger partial charge in [0.1, 0.15) is 11.6 Å². The number of rotatable bonds is 4. The summed E-state index contributed by atoms with van der Waals surface area (Å²) >= 11 is 0. The number of carbonyl (C=O) groups is 1. The van der Waals surface area contributed by atoms with Gasteiger partial charge in [-0.1, -0.05) is 25.0 Å². The standard InChI is InChI=1S/C26H26FN5O/c27-20-7-3-4-8-22(20)30-25-19-15-32(26(33)23-17-5-1-2-6-18(17)23)14-11-21(19)29-24(31-25)16-9-12-28-13-10-16/h3-4,7-10,12-13,17-18,23H,1-2,5-6,11,14-15H2,(H,29,30,31)/t17-,18-/m1/s1. The zero-order valence-corrected chi connectivity index (χ0v) is 18.4. The van der Waals surface area contributed by atoms with E-state index in [1.54, 1.807) is 30.6 Å². The molecular weight excluding hydrogens is 417 g/mol. The Labute approximate surface area is 192 Å². The predicted molar refractivity (Wildman–Crippen MR) is 123 cm³/mol. The van der Waals surface area contributed by atoms with Gasteiger partial charge in [-0.2, -0.15) is 0 Å². The van der Waals surface area contributed by atoms with Crippen molar-refractivity contribution in [1.82, 2.24) is 19.9 Å². The molecular formula is C26H26FN5O. The molecule has 0 bridgehead atoms. The summed E-state index contributed by atoms with van der Waals surface area (Å²) in [6.45, 7) is 1.12. The van der Waals surface area contributed by atoms with Crippen LogP contribution in [0.15, 0.2) is 48.8 Å². The van der Waals surface area contributed by atoms with E-state index in [0.29, 0.717) is 48.7 Å². The van der Waals surface area contributed by atoms with Gasteiger partial charge in [-0.3, -0.25) is 9.78 Å². The Bertz CT molecular complexity index is 1190. The summed E-state index contributed by atoms with van der Waals surface area (Å²) in [5.74, 6) is 2.40. The van der Waals surface area contributed by atoms with Gasteiger partial charge in [0, 0.05) is 42.4 Å². The fourth-order valence-electron chi connectivity index (χ4n) is 5.60. The van der Waals surface area contributed by atoms with Gasteiger partial charge < -0.3 is 10.2 Å². The van der Waals surface area contributed by atoms with Crippen molar-refractivity contribution in [2.75, 3.05) is 11.9 Å². The number of anilines is 2. The zero-order valence-electron chi connectivity index (χ0n) is 18.4. The van der Waals surface area contributed by atoms with E-state index in [2.05, 4.69) is 10.3 Å². The van der Waals surface area contributed by atoms with Gasteiger partial charge in [-0.15, -0.1) is 0 Å². The van der Waals surface area contributed by atoms with Crippen molar-refractivity contribution < 1.29 is 9.18 Å². The average molecular weight is 444 g/mol. The number of amides is 1. The maximum absolute atomic E-state index is 14.4. The Morgan fingerprint density at radius 2 is 1.79 bits per heavy atom. The van der Waals surface area contributed by atoms with Crippen molar-refractivity contribution in [2.45, 2.75) is 38.6 Å². The molecule has 0 spiro atoms. The lowest BCUT2D eigenvalue weighted by Gasteiger charge is -2.30. The zero-order chi connectivity index (χ0) is 22.4. The Kier molecular flexibility index (Phi) is 5.04. The minimum absolute atomic E-state index is 0.189. The number of carbonyl (C=O) groups excluding carboxylic acids is 1. The van der Waals surface area contributed by atoms with E-state index in [1.165, 1.54) is 31.7 Å².